The third-order valence-corrected chi connectivity index (χ3v) is 3.56. The normalized spacial score (nSPS) is 12.2. The number of aliphatic hydroxyl groups is 1. The van der Waals surface area contributed by atoms with Crippen molar-refractivity contribution < 1.29 is 18.6 Å². The second-order valence-corrected chi connectivity index (χ2v) is 5.24. The molecular weight excluding hydrogens is 330 g/mol. The molecule has 0 bridgehead atoms. The van der Waals surface area contributed by atoms with Gasteiger partial charge in [0.2, 0.25) is 0 Å². The van der Waals surface area contributed by atoms with E-state index in [1.54, 1.807) is 13.0 Å². The molecule has 0 unspecified atom stereocenters. The summed E-state index contributed by atoms with van der Waals surface area (Å²) in [6.07, 6.45) is -0.762. The van der Waals surface area contributed by atoms with Crippen LogP contribution in [-0.4, -0.2) is 5.11 Å². The van der Waals surface area contributed by atoms with Crippen LogP contribution in [0.4, 0.5) is 8.78 Å². The molecule has 20 heavy (non-hydrogen) atoms. The minimum Gasteiger partial charge on any atom is -0.488 e. The average molecular weight is 343 g/mol. The van der Waals surface area contributed by atoms with E-state index in [4.69, 9.17) is 4.74 Å². The molecule has 1 N–H and O–H groups in total. The van der Waals surface area contributed by atoms with Crippen molar-refractivity contribution in [1.29, 1.82) is 0 Å². The number of rotatable bonds is 4. The van der Waals surface area contributed by atoms with Gasteiger partial charge in [0.1, 0.15) is 24.0 Å². The highest BCUT2D eigenvalue weighted by molar-refractivity contribution is 9.10. The van der Waals surface area contributed by atoms with Crippen LogP contribution in [0.3, 0.4) is 0 Å². The van der Waals surface area contributed by atoms with E-state index < -0.39 is 11.9 Å². The van der Waals surface area contributed by atoms with E-state index in [-0.39, 0.29) is 18.2 Å². The molecule has 0 fully saturated rings. The van der Waals surface area contributed by atoms with Crippen molar-refractivity contribution in [1.82, 2.24) is 0 Å². The maximum Gasteiger partial charge on any atom is 0.128 e. The Hall–Kier alpha value is -1.46. The van der Waals surface area contributed by atoms with Gasteiger partial charge in [-0.15, -0.1) is 0 Å². The fourth-order valence-corrected chi connectivity index (χ4v) is 2.24. The Balaban J connectivity index is 2.20. The number of halogens is 3. The fourth-order valence-electron chi connectivity index (χ4n) is 1.77. The Morgan fingerprint density at radius 3 is 2.45 bits per heavy atom. The van der Waals surface area contributed by atoms with Crippen molar-refractivity contribution >= 4 is 15.9 Å². The van der Waals surface area contributed by atoms with Crippen LogP contribution in [0, 0.1) is 11.6 Å². The summed E-state index contributed by atoms with van der Waals surface area (Å²) >= 11 is 3.24. The molecule has 0 aliphatic rings. The molecule has 2 nitrogen and oxygen atoms in total. The molecule has 5 heteroatoms. The standard InChI is InChI=1S/C15H13BrF2O2/c1-9(19)13-5-4-12(18)7-15(13)20-8-10-2-3-11(17)6-14(10)16/h2-7,9,19H,8H2,1H3/t9-/m1/s1. The molecule has 0 saturated carbocycles. The number of hydrogen-bond donors (Lipinski definition) is 1. The lowest BCUT2D eigenvalue weighted by Crippen LogP contribution is -2.02. The van der Waals surface area contributed by atoms with E-state index in [0.29, 0.717) is 10.0 Å². The summed E-state index contributed by atoms with van der Waals surface area (Å²) < 4.78 is 32.3. The summed E-state index contributed by atoms with van der Waals surface area (Å²) in [4.78, 5) is 0. The van der Waals surface area contributed by atoms with Crippen LogP contribution in [0.15, 0.2) is 40.9 Å². The summed E-state index contributed by atoms with van der Waals surface area (Å²) in [5, 5.41) is 9.62. The minimum atomic E-state index is -0.762. The van der Waals surface area contributed by atoms with Crippen molar-refractivity contribution in [2.45, 2.75) is 19.6 Å². The van der Waals surface area contributed by atoms with Gasteiger partial charge in [-0.05, 0) is 31.2 Å². The van der Waals surface area contributed by atoms with E-state index >= 15 is 0 Å². The Morgan fingerprint density at radius 2 is 1.80 bits per heavy atom. The topological polar surface area (TPSA) is 29.5 Å². The third-order valence-electron chi connectivity index (χ3n) is 2.82. The highest BCUT2D eigenvalue weighted by Crippen LogP contribution is 2.28. The predicted octanol–water partition coefficient (Wildman–Crippen LogP) is 4.36. The zero-order chi connectivity index (χ0) is 14.7. The first-order chi connectivity index (χ1) is 9.47. The van der Waals surface area contributed by atoms with Crippen LogP contribution in [0.2, 0.25) is 0 Å². The Labute approximate surface area is 124 Å². The van der Waals surface area contributed by atoms with Crippen molar-refractivity contribution in [3.8, 4) is 5.75 Å². The van der Waals surface area contributed by atoms with Crippen molar-refractivity contribution in [2.75, 3.05) is 0 Å². The summed E-state index contributed by atoms with van der Waals surface area (Å²) in [6.45, 7) is 1.72. The average Bonchev–Trinajstić information content (AvgIpc) is 2.37. The van der Waals surface area contributed by atoms with Crippen LogP contribution >= 0.6 is 15.9 Å². The SMILES string of the molecule is C[C@@H](O)c1ccc(F)cc1OCc1ccc(F)cc1Br. The number of aliphatic hydroxyl groups excluding tert-OH is 1. The summed E-state index contributed by atoms with van der Waals surface area (Å²) in [7, 11) is 0. The molecule has 0 heterocycles. The molecule has 0 aromatic heterocycles. The van der Waals surface area contributed by atoms with Crippen molar-refractivity contribution in [3.63, 3.8) is 0 Å². The number of benzene rings is 2. The van der Waals surface area contributed by atoms with E-state index in [2.05, 4.69) is 15.9 Å². The molecule has 1 atom stereocenters. The smallest absolute Gasteiger partial charge is 0.128 e. The predicted molar refractivity (Wildman–Crippen MR) is 75.5 cm³/mol. The van der Waals surface area contributed by atoms with Gasteiger partial charge in [-0.2, -0.15) is 0 Å². The monoisotopic (exact) mass is 342 g/mol. The molecule has 2 rings (SSSR count). The molecule has 106 valence electrons. The van der Waals surface area contributed by atoms with Gasteiger partial charge in [-0.25, -0.2) is 8.78 Å². The fraction of sp³-hybridized carbons (Fsp3) is 0.200. The van der Waals surface area contributed by atoms with Crippen LogP contribution in [-0.2, 0) is 6.61 Å². The van der Waals surface area contributed by atoms with Crippen molar-refractivity contribution in [3.05, 3.63) is 63.6 Å². The summed E-state index contributed by atoms with van der Waals surface area (Å²) in [5.74, 6) is -0.519. The molecule has 2 aromatic rings. The van der Waals surface area contributed by atoms with Gasteiger partial charge in [0, 0.05) is 21.7 Å². The Bertz CT molecular complexity index is 615. The maximum absolute atomic E-state index is 13.2. The van der Waals surface area contributed by atoms with Gasteiger partial charge >= 0.3 is 0 Å². The van der Waals surface area contributed by atoms with Gasteiger partial charge in [-0.1, -0.05) is 22.0 Å². The zero-order valence-corrected chi connectivity index (χ0v) is 12.3. The van der Waals surface area contributed by atoms with E-state index in [1.165, 1.54) is 30.3 Å². The zero-order valence-electron chi connectivity index (χ0n) is 10.7. The van der Waals surface area contributed by atoms with Crippen LogP contribution in [0.5, 0.6) is 5.75 Å². The highest BCUT2D eigenvalue weighted by atomic mass is 79.9. The van der Waals surface area contributed by atoms with Gasteiger partial charge < -0.3 is 9.84 Å². The molecule has 0 aliphatic carbocycles. The molecule has 0 aliphatic heterocycles. The third kappa shape index (κ3) is 3.55. The van der Waals surface area contributed by atoms with E-state index in [9.17, 15) is 13.9 Å². The van der Waals surface area contributed by atoms with Gasteiger partial charge in [0.15, 0.2) is 0 Å². The van der Waals surface area contributed by atoms with Gasteiger partial charge in [-0.3, -0.25) is 0 Å². The van der Waals surface area contributed by atoms with Gasteiger partial charge in [0.25, 0.3) is 0 Å². The first kappa shape index (κ1) is 14.9. The second kappa shape index (κ2) is 6.33. The lowest BCUT2D eigenvalue weighted by Gasteiger charge is -2.14. The lowest BCUT2D eigenvalue weighted by molar-refractivity contribution is 0.189. The Morgan fingerprint density at radius 1 is 1.15 bits per heavy atom. The van der Waals surface area contributed by atoms with Crippen LogP contribution in [0.1, 0.15) is 24.2 Å². The molecule has 0 spiro atoms. The number of ether oxygens (including phenoxy) is 1. The van der Waals surface area contributed by atoms with Crippen LogP contribution in [0.25, 0.3) is 0 Å². The molecular formula is C15H13BrF2O2. The van der Waals surface area contributed by atoms with Gasteiger partial charge in [0.05, 0.1) is 6.10 Å². The molecule has 0 saturated heterocycles. The first-order valence-corrected chi connectivity index (χ1v) is 6.81. The minimum absolute atomic E-state index is 0.143. The molecule has 0 amide bonds. The largest absolute Gasteiger partial charge is 0.488 e. The van der Waals surface area contributed by atoms with Crippen LogP contribution < -0.4 is 4.74 Å². The van der Waals surface area contributed by atoms with E-state index in [1.807, 2.05) is 0 Å². The second-order valence-electron chi connectivity index (χ2n) is 4.38. The quantitative estimate of drug-likeness (QED) is 0.894. The van der Waals surface area contributed by atoms with E-state index in [0.717, 1.165) is 5.56 Å². The summed E-state index contributed by atoms with van der Waals surface area (Å²) in [5.41, 5.74) is 1.23. The number of hydrogen-bond acceptors (Lipinski definition) is 2. The summed E-state index contributed by atoms with van der Waals surface area (Å²) in [6, 6.07) is 8.21. The molecule has 0 radical (unpaired) electrons. The van der Waals surface area contributed by atoms with Crippen molar-refractivity contribution in [2.24, 2.45) is 0 Å². The Kier molecular flexibility index (Phi) is 4.73. The molecule has 2 aromatic carbocycles. The first-order valence-electron chi connectivity index (χ1n) is 6.01. The maximum atomic E-state index is 13.2. The lowest BCUT2D eigenvalue weighted by atomic mass is 10.1. The highest BCUT2D eigenvalue weighted by Gasteiger charge is 2.11.